The minimum atomic E-state index is -0.116. The number of carbonyl (C=O) groups is 2. The third-order valence-electron chi connectivity index (χ3n) is 5.49. The number of likely N-dealkylation sites (tertiary alicyclic amines) is 1. The van der Waals surface area contributed by atoms with E-state index in [1.54, 1.807) is 17.0 Å². The van der Waals surface area contributed by atoms with Crippen molar-refractivity contribution in [2.75, 3.05) is 31.6 Å². The van der Waals surface area contributed by atoms with Gasteiger partial charge in [-0.1, -0.05) is 43.1 Å². The van der Waals surface area contributed by atoms with Gasteiger partial charge in [0.15, 0.2) is 11.5 Å². The van der Waals surface area contributed by atoms with Crippen LogP contribution in [0.3, 0.4) is 0 Å². The topological polar surface area (TPSA) is 67.9 Å². The van der Waals surface area contributed by atoms with Crippen LogP contribution < -0.4 is 14.8 Å². The third kappa shape index (κ3) is 6.16. The van der Waals surface area contributed by atoms with Gasteiger partial charge < -0.3 is 19.7 Å². The molecule has 2 aromatic carbocycles. The smallest absolute Gasteiger partial charge is 0.254 e. The molecule has 0 bridgehead atoms. The summed E-state index contributed by atoms with van der Waals surface area (Å²) in [7, 11) is 0. The molecule has 1 fully saturated rings. The number of hydrogen-bond acceptors (Lipinski definition) is 4. The summed E-state index contributed by atoms with van der Waals surface area (Å²) in [6.07, 6.45) is 3.16. The number of hydrogen-bond donors (Lipinski definition) is 1. The first-order valence-electron chi connectivity index (χ1n) is 11.3. The lowest BCUT2D eigenvalue weighted by molar-refractivity contribution is -0.121. The maximum Gasteiger partial charge on any atom is 0.254 e. The zero-order valence-corrected chi connectivity index (χ0v) is 19.5. The average Bonchev–Trinajstić information content (AvgIpc) is 2.81. The van der Waals surface area contributed by atoms with E-state index in [2.05, 4.69) is 12.2 Å². The van der Waals surface area contributed by atoms with E-state index in [0.717, 1.165) is 18.5 Å². The van der Waals surface area contributed by atoms with Gasteiger partial charge >= 0.3 is 0 Å². The van der Waals surface area contributed by atoms with E-state index in [9.17, 15) is 9.59 Å². The standard InChI is InChI=1S/C25H31ClN2O4/c1-3-5-15-32-23-21(26)16-19(17-22(23)31-4-2)25(30)28-13-11-18(12-14-28)24(29)27-20-9-7-6-8-10-20/h6-10,16-18H,3-5,11-15H2,1-2H3,(H,27,29). The Hall–Kier alpha value is -2.73. The number of nitrogens with zero attached hydrogens (tertiary/aromatic N) is 1. The number of unbranched alkanes of at least 4 members (excludes halogenated alkanes) is 1. The van der Waals surface area contributed by atoms with Gasteiger partial charge in [-0.15, -0.1) is 0 Å². The molecule has 32 heavy (non-hydrogen) atoms. The molecule has 0 saturated carbocycles. The fourth-order valence-corrected chi connectivity index (χ4v) is 3.97. The first-order valence-corrected chi connectivity index (χ1v) is 11.7. The van der Waals surface area contributed by atoms with Crippen molar-refractivity contribution in [2.24, 2.45) is 5.92 Å². The normalized spacial score (nSPS) is 14.2. The number of carbonyl (C=O) groups excluding carboxylic acids is 2. The summed E-state index contributed by atoms with van der Waals surface area (Å²) >= 11 is 6.45. The van der Waals surface area contributed by atoms with Gasteiger partial charge in [0.1, 0.15) is 0 Å². The molecule has 1 saturated heterocycles. The molecule has 0 aliphatic carbocycles. The molecule has 1 aliphatic heterocycles. The second-order valence-electron chi connectivity index (χ2n) is 7.84. The van der Waals surface area contributed by atoms with Gasteiger partial charge in [0.05, 0.1) is 18.2 Å². The Labute approximate surface area is 194 Å². The van der Waals surface area contributed by atoms with Crippen molar-refractivity contribution in [2.45, 2.75) is 39.5 Å². The van der Waals surface area contributed by atoms with Crippen LogP contribution in [-0.2, 0) is 4.79 Å². The number of anilines is 1. The number of rotatable bonds is 9. The molecule has 0 atom stereocenters. The number of amides is 2. The highest BCUT2D eigenvalue weighted by Crippen LogP contribution is 2.37. The van der Waals surface area contributed by atoms with Gasteiger partial charge in [-0.3, -0.25) is 9.59 Å². The van der Waals surface area contributed by atoms with Crippen molar-refractivity contribution in [3.63, 3.8) is 0 Å². The lowest BCUT2D eigenvalue weighted by Crippen LogP contribution is -2.41. The van der Waals surface area contributed by atoms with E-state index in [0.29, 0.717) is 61.2 Å². The van der Waals surface area contributed by atoms with Crippen LogP contribution in [-0.4, -0.2) is 43.0 Å². The lowest BCUT2D eigenvalue weighted by atomic mass is 9.95. The van der Waals surface area contributed by atoms with Gasteiger partial charge in [0, 0.05) is 30.3 Å². The molecule has 172 valence electrons. The summed E-state index contributed by atoms with van der Waals surface area (Å²) in [6.45, 7) is 5.99. The van der Waals surface area contributed by atoms with Crippen LogP contribution >= 0.6 is 11.6 Å². The molecule has 7 heteroatoms. The Morgan fingerprint density at radius 2 is 1.81 bits per heavy atom. The van der Waals surface area contributed by atoms with Gasteiger partial charge in [0.25, 0.3) is 5.91 Å². The summed E-state index contributed by atoms with van der Waals surface area (Å²) in [5.41, 5.74) is 1.25. The highest BCUT2D eigenvalue weighted by atomic mass is 35.5. The van der Waals surface area contributed by atoms with Crippen molar-refractivity contribution in [3.8, 4) is 11.5 Å². The summed E-state index contributed by atoms with van der Waals surface area (Å²) in [5.74, 6) is 0.732. The van der Waals surface area contributed by atoms with Gasteiger partial charge in [-0.25, -0.2) is 0 Å². The Morgan fingerprint density at radius 1 is 1.09 bits per heavy atom. The molecule has 0 unspecified atom stereocenters. The van der Waals surface area contributed by atoms with E-state index in [1.165, 1.54) is 0 Å². The van der Waals surface area contributed by atoms with E-state index >= 15 is 0 Å². The van der Waals surface area contributed by atoms with Crippen molar-refractivity contribution in [1.29, 1.82) is 0 Å². The molecule has 1 heterocycles. The molecular formula is C25H31ClN2O4. The molecule has 1 aliphatic rings. The van der Waals surface area contributed by atoms with Crippen LogP contribution in [0.15, 0.2) is 42.5 Å². The number of benzene rings is 2. The highest BCUT2D eigenvalue weighted by Gasteiger charge is 2.29. The quantitative estimate of drug-likeness (QED) is 0.510. The Balaban J connectivity index is 1.63. The van der Waals surface area contributed by atoms with Crippen molar-refractivity contribution < 1.29 is 19.1 Å². The van der Waals surface area contributed by atoms with E-state index < -0.39 is 0 Å². The fraction of sp³-hybridized carbons (Fsp3) is 0.440. The largest absolute Gasteiger partial charge is 0.490 e. The third-order valence-corrected chi connectivity index (χ3v) is 5.78. The Bertz CT molecular complexity index is 912. The first kappa shape index (κ1) is 23.9. The second-order valence-corrected chi connectivity index (χ2v) is 8.25. The minimum Gasteiger partial charge on any atom is -0.490 e. The maximum atomic E-state index is 13.1. The van der Waals surface area contributed by atoms with Crippen LogP contribution in [0.5, 0.6) is 11.5 Å². The summed E-state index contributed by atoms with van der Waals surface area (Å²) in [6, 6.07) is 12.8. The predicted molar refractivity (Wildman–Crippen MR) is 127 cm³/mol. The predicted octanol–water partition coefficient (Wildman–Crippen LogP) is 5.41. The zero-order chi connectivity index (χ0) is 22.9. The first-order chi connectivity index (χ1) is 15.5. The fourth-order valence-electron chi connectivity index (χ4n) is 3.71. The molecule has 2 aromatic rings. The number of ether oxygens (including phenoxy) is 2. The van der Waals surface area contributed by atoms with Crippen LogP contribution in [0.2, 0.25) is 5.02 Å². The molecule has 0 spiro atoms. The number of para-hydroxylation sites is 1. The molecule has 2 amide bonds. The zero-order valence-electron chi connectivity index (χ0n) is 18.7. The van der Waals surface area contributed by atoms with Crippen LogP contribution in [0, 0.1) is 5.92 Å². The molecule has 3 rings (SSSR count). The summed E-state index contributed by atoms with van der Waals surface area (Å²) < 4.78 is 11.5. The number of nitrogens with one attached hydrogen (secondary N) is 1. The molecular weight excluding hydrogens is 428 g/mol. The number of piperidine rings is 1. The second kappa shape index (κ2) is 11.8. The Kier molecular flexibility index (Phi) is 8.80. The van der Waals surface area contributed by atoms with Gasteiger partial charge in [-0.05, 0) is 50.5 Å². The maximum absolute atomic E-state index is 13.1. The molecule has 0 radical (unpaired) electrons. The van der Waals surface area contributed by atoms with Crippen LogP contribution in [0.25, 0.3) is 0 Å². The highest BCUT2D eigenvalue weighted by molar-refractivity contribution is 6.32. The van der Waals surface area contributed by atoms with Crippen LogP contribution in [0.4, 0.5) is 5.69 Å². The summed E-state index contributed by atoms with van der Waals surface area (Å²) in [5, 5.41) is 3.32. The van der Waals surface area contributed by atoms with Crippen molar-refractivity contribution in [1.82, 2.24) is 4.90 Å². The lowest BCUT2D eigenvalue weighted by Gasteiger charge is -2.31. The van der Waals surface area contributed by atoms with E-state index in [4.69, 9.17) is 21.1 Å². The SMILES string of the molecule is CCCCOc1c(Cl)cc(C(=O)N2CCC(C(=O)Nc3ccccc3)CC2)cc1OCC. The van der Waals surface area contributed by atoms with Crippen molar-refractivity contribution >= 4 is 29.1 Å². The summed E-state index contributed by atoms with van der Waals surface area (Å²) in [4.78, 5) is 27.4. The van der Waals surface area contributed by atoms with Crippen LogP contribution in [0.1, 0.15) is 49.9 Å². The van der Waals surface area contributed by atoms with Crippen molar-refractivity contribution in [3.05, 3.63) is 53.1 Å². The van der Waals surface area contributed by atoms with Gasteiger partial charge in [0.2, 0.25) is 5.91 Å². The molecule has 1 N–H and O–H groups in total. The molecule has 0 aromatic heterocycles. The molecule has 6 nitrogen and oxygen atoms in total. The van der Waals surface area contributed by atoms with E-state index in [-0.39, 0.29) is 17.7 Å². The average molecular weight is 459 g/mol. The minimum absolute atomic E-state index is 0.00134. The van der Waals surface area contributed by atoms with E-state index in [1.807, 2.05) is 37.3 Å². The number of halogens is 1. The van der Waals surface area contributed by atoms with Gasteiger partial charge in [-0.2, -0.15) is 0 Å². The monoisotopic (exact) mass is 458 g/mol. The Morgan fingerprint density at radius 3 is 2.47 bits per heavy atom.